The molecule has 0 aliphatic carbocycles. The molecule has 0 saturated heterocycles. The number of halogens is 5. The SMILES string of the molecule is CP(C)(=O)c1ccc(Nc2ncc(C(F)(F)F)c(N3CCc4cc(Cl)c(Cl)cc4C3)n2)cc1. The summed E-state index contributed by atoms with van der Waals surface area (Å²) in [6.45, 7) is 3.88. The Morgan fingerprint density at radius 2 is 1.70 bits per heavy atom. The van der Waals surface area contributed by atoms with Crippen molar-refractivity contribution >= 4 is 53.1 Å². The fraction of sp³-hybridized carbons (Fsp3) is 0.273. The first kappa shape index (κ1) is 23.9. The molecule has 1 aliphatic rings. The molecular formula is C22H20Cl2F3N4OP. The Morgan fingerprint density at radius 3 is 2.30 bits per heavy atom. The van der Waals surface area contributed by atoms with E-state index >= 15 is 0 Å². The Labute approximate surface area is 199 Å². The van der Waals surface area contributed by atoms with Gasteiger partial charge in [-0.2, -0.15) is 18.2 Å². The van der Waals surface area contributed by atoms with Gasteiger partial charge in [-0.15, -0.1) is 0 Å². The minimum absolute atomic E-state index is 0.0295. The van der Waals surface area contributed by atoms with Crippen LogP contribution >= 0.6 is 30.3 Å². The van der Waals surface area contributed by atoms with Crippen LogP contribution < -0.4 is 15.5 Å². The Morgan fingerprint density at radius 1 is 1.06 bits per heavy atom. The molecule has 0 bridgehead atoms. The molecule has 1 aromatic heterocycles. The second-order valence-electron chi connectivity index (χ2n) is 8.16. The average molecular weight is 515 g/mol. The van der Waals surface area contributed by atoms with E-state index in [-0.39, 0.29) is 18.3 Å². The Balaban J connectivity index is 1.66. The zero-order chi connectivity index (χ0) is 24.0. The molecule has 11 heteroatoms. The molecule has 33 heavy (non-hydrogen) atoms. The van der Waals surface area contributed by atoms with Crippen LogP contribution in [0.2, 0.25) is 10.0 Å². The van der Waals surface area contributed by atoms with E-state index in [1.807, 2.05) is 0 Å². The van der Waals surface area contributed by atoms with Crippen molar-refractivity contribution in [3.8, 4) is 0 Å². The predicted molar refractivity (Wildman–Crippen MR) is 127 cm³/mol. The summed E-state index contributed by atoms with van der Waals surface area (Å²) < 4.78 is 53.4. The highest BCUT2D eigenvalue weighted by Crippen LogP contribution is 2.39. The zero-order valence-electron chi connectivity index (χ0n) is 17.7. The molecule has 1 N–H and O–H groups in total. The molecule has 2 aromatic carbocycles. The van der Waals surface area contributed by atoms with Crippen LogP contribution in [0.3, 0.4) is 0 Å². The minimum Gasteiger partial charge on any atom is -0.351 e. The fourth-order valence-corrected chi connectivity index (χ4v) is 4.88. The number of nitrogens with one attached hydrogen (secondary N) is 1. The summed E-state index contributed by atoms with van der Waals surface area (Å²) in [5.74, 6) is -0.179. The van der Waals surface area contributed by atoms with Crippen molar-refractivity contribution in [2.75, 3.05) is 30.1 Å². The molecule has 2 heterocycles. The summed E-state index contributed by atoms with van der Waals surface area (Å²) in [4.78, 5) is 9.65. The summed E-state index contributed by atoms with van der Waals surface area (Å²) in [5, 5.41) is 4.40. The highest BCUT2D eigenvalue weighted by atomic mass is 35.5. The van der Waals surface area contributed by atoms with E-state index < -0.39 is 18.9 Å². The second kappa shape index (κ2) is 8.82. The third kappa shape index (κ3) is 5.29. The van der Waals surface area contributed by atoms with E-state index in [0.717, 1.165) is 17.3 Å². The lowest BCUT2D eigenvalue weighted by Crippen LogP contribution is -2.33. The van der Waals surface area contributed by atoms with Crippen molar-refractivity contribution in [3.05, 3.63) is 69.3 Å². The van der Waals surface area contributed by atoms with Gasteiger partial charge in [-0.1, -0.05) is 23.2 Å². The number of anilines is 3. The molecule has 1 aliphatic heterocycles. The number of fused-ring (bicyclic) bond motifs is 1. The van der Waals surface area contributed by atoms with Crippen molar-refractivity contribution in [3.63, 3.8) is 0 Å². The smallest absolute Gasteiger partial charge is 0.351 e. The first-order valence-electron chi connectivity index (χ1n) is 10.0. The quantitative estimate of drug-likeness (QED) is 0.410. The maximum Gasteiger partial charge on any atom is 0.421 e. The lowest BCUT2D eigenvalue weighted by Gasteiger charge is -2.31. The Bertz CT molecular complexity index is 1250. The first-order valence-corrected chi connectivity index (χ1v) is 13.4. The second-order valence-corrected chi connectivity index (χ2v) is 12.2. The topological polar surface area (TPSA) is 58.1 Å². The third-order valence-electron chi connectivity index (χ3n) is 5.37. The Kier molecular flexibility index (Phi) is 6.38. The maximum atomic E-state index is 13.7. The van der Waals surface area contributed by atoms with Gasteiger partial charge in [-0.25, -0.2) is 4.98 Å². The number of aromatic nitrogens is 2. The summed E-state index contributed by atoms with van der Waals surface area (Å²) >= 11 is 12.2. The van der Waals surface area contributed by atoms with E-state index in [1.54, 1.807) is 54.6 Å². The van der Waals surface area contributed by atoms with Gasteiger partial charge in [0.15, 0.2) is 0 Å². The lowest BCUT2D eigenvalue weighted by molar-refractivity contribution is -0.137. The van der Waals surface area contributed by atoms with E-state index in [2.05, 4.69) is 15.3 Å². The number of nitrogens with zero attached hydrogens (tertiary/aromatic N) is 3. The van der Waals surface area contributed by atoms with E-state index in [9.17, 15) is 17.7 Å². The number of hydrogen-bond acceptors (Lipinski definition) is 5. The number of hydrogen-bond donors (Lipinski definition) is 1. The van der Waals surface area contributed by atoms with Gasteiger partial charge < -0.3 is 14.8 Å². The molecule has 0 atom stereocenters. The zero-order valence-corrected chi connectivity index (χ0v) is 20.2. The van der Waals surface area contributed by atoms with Gasteiger partial charge in [0.25, 0.3) is 0 Å². The van der Waals surface area contributed by atoms with E-state index in [0.29, 0.717) is 34.0 Å². The van der Waals surface area contributed by atoms with Crippen molar-refractivity contribution in [1.82, 2.24) is 9.97 Å². The third-order valence-corrected chi connectivity index (χ3v) is 7.64. The van der Waals surface area contributed by atoms with Crippen LogP contribution in [0.1, 0.15) is 16.7 Å². The summed E-state index contributed by atoms with van der Waals surface area (Å²) in [5.41, 5.74) is 1.41. The van der Waals surface area contributed by atoms with Gasteiger partial charge in [-0.05, 0) is 67.3 Å². The highest BCUT2D eigenvalue weighted by Gasteiger charge is 2.37. The van der Waals surface area contributed by atoms with Crippen LogP contribution in [0.15, 0.2) is 42.6 Å². The molecule has 0 amide bonds. The van der Waals surface area contributed by atoms with Gasteiger partial charge in [0, 0.05) is 30.3 Å². The minimum atomic E-state index is -4.61. The molecule has 0 spiro atoms. The summed E-state index contributed by atoms with van der Waals surface area (Å²) in [6, 6.07) is 10.2. The van der Waals surface area contributed by atoms with Crippen LogP contribution in [-0.2, 0) is 23.7 Å². The lowest BCUT2D eigenvalue weighted by atomic mass is 9.99. The Hall–Kier alpha value is -2.28. The standard InChI is InChI=1S/C22H20Cl2F3N4OP/c1-33(2,32)16-5-3-15(4-6-16)29-21-28-11-17(22(25,26)27)20(30-21)31-8-7-13-9-18(23)19(24)10-14(13)12-31/h3-6,9-11H,7-8,12H2,1-2H3,(H,28,29,30). The first-order chi connectivity index (χ1) is 15.4. The van der Waals surface area contributed by atoms with Gasteiger partial charge in [0.1, 0.15) is 18.5 Å². The molecule has 0 saturated carbocycles. The van der Waals surface area contributed by atoms with Crippen LogP contribution in [-0.4, -0.2) is 29.8 Å². The average Bonchev–Trinajstić information content (AvgIpc) is 2.73. The number of rotatable bonds is 4. The maximum absolute atomic E-state index is 13.7. The number of benzene rings is 2. The van der Waals surface area contributed by atoms with Crippen LogP contribution in [0.25, 0.3) is 0 Å². The van der Waals surface area contributed by atoms with Gasteiger partial charge in [0.05, 0.1) is 10.0 Å². The van der Waals surface area contributed by atoms with Crippen LogP contribution in [0.5, 0.6) is 0 Å². The van der Waals surface area contributed by atoms with Gasteiger partial charge >= 0.3 is 6.18 Å². The van der Waals surface area contributed by atoms with Crippen molar-refractivity contribution in [1.29, 1.82) is 0 Å². The molecule has 0 radical (unpaired) electrons. The normalized spacial score (nSPS) is 14.2. The fourth-order valence-electron chi connectivity index (χ4n) is 3.64. The molecule has 174 valence electrons. The van der Waals surface area contributed by atoms with Crippen LogP contribution in [0, 0.1) is 0 Å². The van der Waals surface area contributed by atoms with E-state index in [4.69, 9.17) is 23.2 Å². The highest BCUT2D eigenvalue weighted by molar-refractivity contribution is 7.70. The van der Waals surface area contributed by atoms with Gasteiger partial charge in [-0.3, -0.25) is 0 Å². The van der Waals surface area contributed by atoms with E-state index in [1.165, 1.54) is 0 Å². The van der Waals surface area contributed by atoms with Crippen LogP contribution in [0.4, 0.5) is 30.6 Å². The van der Waals surface area contributed by atoms with Crippen molar-refractivity contribution in [2.24, 2.45) is 0 Å². The summed E-state index contributed by atoms with van der Waals surface area (Å²) in [6.07, 6.45) is -3.32. The number of alkyl halides is 3. The largest absolute Gasteiger partial charge is 0.421 e. The summed E-state index contributed by atoms with van der Waals surface area (Å²) in [7, 11) is -2.41. The molecule has 3 aromatic rings. The molecule has 4 rings (SSSR count). The predicted octanol–water partition coefficient (Wildman–Crippen LogP) is 6.36. The molecule has 0 unspecified atom stereocenters. The molecule has 5 nitrogen and oxygen atoms in total. The molecular weight excluding hydrogens is 495 g/mol. The van der Waals surface area contributed by atoms with Gasteiger partial charge in [0.2, 0.25) is 5.95 Å². The monoisotopic (exact) mass is 514 g/mol. The van der Waals surface area contributed by atoms with Crippen molar-refractivity contribution in [2.45, 2.75) is 19.1 Å². The van der Waals surface area contributed by atoms with Crippen molar-refractivity contribution < 1.29 is 17.7 Å². The molecule has 0 fully saturated rings.